The van der Waals surface area contributed by atoms with Gasteiger partial charge in [0, 0.05) is 28.1 Å². The summed E-state index contributed by atoms with van der Waals surface area (Å²) in [7, 11) is 1.28. The Morgan fingerprint density at radius 2 is 1.87 bits per heavy atom. The Kier molecular flexibility index (Phi) is 6.27. The van der Waals surface area contributed by atoms with Gasteiger partial charge in [-0.15, -0.1) is 11.3 Å². The van der Waals surface area contributed by atoms with Crippen LogP contribution in [0.2, 0.25) is 0 Å². The first-order valence-electron chi connectivity index (χ1n) is 9.21. The Labute approximate surface area is 177 Å². The molecule has 0 radical (unpaired) electrons. The summed E-state index contributed by atoms with van der Waals surface area (Å²) < 4.78 is 4.92. The van der Waals surface area contributed by atoms with E-state index in [1.807, 2.05) is 24.3 Å². The minimum atomic E-state index is -0.573. The van der Waals surface area contributed by atoms with Crippen molar-refractivity contribution in [1.29, 1.82) is 0 Å². The Bertz CT molecular complexity index is 1120. The van der Waals surface area contributed by atoms with E-state index in [1.54, 1.807) is 12.3 Å². The van der Waals surface area contributed by atoms with E-state index < -0.39 is 16.8 Å². The zero-order valence-corrected chi connectivity index (χ0v) is 17.5. The van der Waals surface area contributed by atoms with E-state index in [1.165, 1.54) is 42.2 Å². The number of anilines is 1. The molecule has 1 N–H and O–H groups in total. The zero-order chi connectivity index (χ0) is 21.8. The van der Waals surface area contributed by atoms with Crippen molar-refractivity contribution in [3.8, 4) is 11.1 Å². The van der Waals surface area contributed by atoms with Crippen LogP contribution in [0.25, 0.3) is 11.1 Å². The molecule has 3 aromatic rings. The van der Waals surface area contributed by atoms with Gasteiger partial charge in [-0.3, -0.25) is 14.9 Å². The first kappa shape index (κ1) is 21.2. The monoisotopic (exact) mass is 424 g/mol. The van der Waals surface area contributed by atoms with Gasteiger partial charge >= 0.3 is 5.97 Å². The van der Waals surface area contributed by atoms with Crippen LogP contribution in [0.15, 0.2) is 47.8 Å². The number of carbonyl (C=O) groups excluding carboxylic acids is 2. The quantitative estimate of drug-likeness (QED) is 0.332. The minimum absolute atomic E-state index is 0.130. The van der Waals surface area contributed by atoms with Crippen LogP contribution in [0.5, 0.6) is 0 Å². The summed E-state index contributed by atoms with van der Waals surface area (Å²) in [5, 5.41) is 16.0. The number of hydrogen-bond acceptors (Lipinski definition) is 6. The van der Waals surface area contributed by atoms with E-state index in [4.69, 9.17) is 4.74 Å². The standard InChI is InChI=1S/C22H20N2O5S/c1-4-14-6-9-15(10-7-14)17-12-30-21(19(17)22(26)29-3)23-20(25)16-8-5-13(2)18(11-16)24(27)28/h5-12H,4H2,1-3H3,(H,23,25). The number of nitro benzene ring substituents is 1. The molecule has 0 aliphatic rings. The molecule has 30 heavy (non-hydrogen) atoms. The second-order valence-electron chi connectivity index (χ2n) is 6.61. The predicted molar refractivity (Wildman–Crippen MR) is 116 cm³/mol. The third kappa shape index (κ3) is 4.23. The number of nitrogens with one attached hydrogen (secondary N) is 1. The molecule has 0 saturated carbocycles. The summed E-state index contributed by atoms with van der Waals surface area (Å²) in [6.07, 6.45) is 0.901. The molecule has 0 unspecified atom stereocenters. The van der Waals surface area contributed by atoms with Crippen molar-refractivity contribution in [3.63, 3.8) is 0 Å². The molecule has 8 heteroatoms. The molecule has 0 atom stereocenters. The Morgan fingerprint density at radius 3 is 2.47 bits per heavy atom. The molecule has 154 valence electrons. The number of esters is 1. The number of ether oxygens (including phenoxy) is 1. The minimum Gasteiger partial charge on any atom is -0.465 e. The van der Waals surface area contributed by atoms with E-state index in [9.17, 15) is 19.7 Å². The zero-order valence-electron chi connectivity index (χ0n) is 16.7. The van der Waals surface area contributed by atoms with Crippen molar-refractivity contribution in [3.05, 3.63) is 80.2 Å². The highest BCUT2D eigenvalue weighted by molar-refractivity contribution is 7.15. The van der Waals surface area contributed by atoms with Gasteiger partial charge in [-0.25, -0.2) is 4.79 Å². The molecule has 1 amide bonds. The highest BCUT2D eigenvalue weighted by Crippen LogP contribution is 2.36. The highest BCUT2D eigenvalue weighted by atomic mass is 32.1. The molecule has 0 bridgehead atoms. The third-order valence-electron chi connectivity index (χ3n) is 4.75. The summed E-state index contributed by atoms with van der Waals surface area (Å²) >= 11 is 1.19. The molecule has 1 heterocycles. The Balaban J connectivity index is 1.97. The van der Waals surface area contributed by atoms with Gasteiger partial charge in [0.05, 0.1) is 12.0 Å². The van der Waals surface area contributed by atoms with Gasteiger partial charge in [0.2, 0.25) is 0 Å². The van der Waals surface area contributed by atoms with Crippen LogP contribution in [0.3, 0.4) is 0 Å². The van der Waals surface area contributed by atoms with E-state index in [2.05, 4.69) is 12.2 Å². The average molecular weight is 424 g/mol. The lowest BCUT2D eigenvalue weighted by Crippen LogP contribution is -2.14. The fraction of sp³-hybridized carbons (Fsp3) is 0.182. The predicted octanol–water partition coefficient (Wildman–Crippen LogP) is 5.23. The molecular formula is C22H20N2O5S. The van der Waals surface area contributed by atoms with Crippen LogP contribution >= 0.6 is 11.3 Å². The van der Waals surface area contributed by atoms with Gasteiger partial charge in [-0.1, -0.05) is 37.3 Å². The first-order valence-corrected chi connectivity index (χ1v) is 10.1. The molecule has 0 saturated heterocycles. The van der Waals surface area contributed by atoms with Crippen LogP contribution in [0.1, 0.15) is 38.8 Å². The van der Waals surface area contributed by atoms with Crippen molar-refractivity contribution in [1.82, 2.24) is 0 Å². The molecule has 0 fully saturated rings. The third-order valence-corrected chi connectivity index (χ3v) is 5.64. The molecule has 0 aliphatic carbocycles. The topological polar surface area (TPSA) is 98.5 Å². The average Bonchev–Trinajstić information content (AvgIpc) is 3.16. The fourth-order valence-corrected chi connectivity index (χ4v) is 3.96. The first-order chi connectivity index (χ1) is 14.3. The molecule has 7 nitrogen and oxygen atoms in total. The van der Waals surface area contributed by atoms with Crippen LogP contribution in [-0.4, -0.2) is 23.9 Å². The molecular weight excluding hydrogens is 404 g/mol. The van der Waals surface area contributed by atoms with Crippen molar-refractivity contribution >= 4 is 33.9 Å². The largest absolute Gasteiger partial charge is 0.465 e. The second-order valence-corrected chi connectivity index (χ2v) is 7.49. The maximum absolute atomic E-state index is 12.7. The number of thiophene rings is 1. The van der Waals surface area contributed by atoms with Crippen LogP contribution in [0.4, 0.5) is 10.7 Å². The summed E-state index contributed by atoms with van der Waals surface area (Å²) in [4.78, 5) is 35.8. The molecule has 2 aromatic carbocycles. The molecule has 0 aliphatic heterocycles. The molecule has 3 rings (SSSR count). The number of hydrogen-bond donors (Lipinski definition) is 1. The number of methoxy groups -OCH3 is 1. The maximum atomic E-state index is 12.7. The summed E-state index contributed by atoms with van der Waals surface area (Å²) in [6, 6.07) is 12.1. The normalized spacial score (nSPS) is 10.5. The summed E-state index contributed by atoms with van der Waals surface area (Å²) in [5.41, 5.74) is 3.35. The number of nitro groups is 1. The summed E-state index contributed by atoms with van der Waals surface area (Å²) in [5.74, 6) is -1.12. The second kappa shape index (κ2) is 8.87. The number of carbonyl (C=O) groups is 2. The lowest BCUT2D eigenvalue weighted by molar-refractivity contribution is -0.385. The number of rotatable bonds is 6. The van der Waals surface area contributed by atoms with E-state index in [-0.39, 0.29) is 16.8 Å². The lowest BCUT2D eigenvalue weighted by Gasteiger charge is -2.09. The lowest BCUT2D eigenvalue weighted by atomic mass is 10.0. The highest BCUT2D eigenvalue weighted by Gasteiger charge is 2.23. The Hall–Kier alpha value is -3.52. The van der Waals surface area contributed by atoms with Gasteiger partial charge in [-0.2, -0.15) is 0 Å². The van der Waals surface area contributed by atoms with E-state index in [0.29, 0.717) is 16.1 Å². The number of benzene rings is 2. The van der Waals surface area contributed by atoms with Crippen LogP contribution < -0.4 is 5.32 Å². The van der Waals surface area contributed by atoms with Crippen molar-refractivity contribution in [2.75, 3.05) is 12.4 Å². The molecule has 0 spiro atoms. The van der Waals surface area contributed by atoms with Crippen molar-refractivity contribution < 1.29 is 19.2 Å². The van der Waals surface area contributed by atoms with Gasteiger partial charge < -0.3 is 10.1 Å². The SMILES string of the molecule is CCc1ccc(-c2csc(NC(=O)c3ccc(C)c([N+](=O)[O-])c3)c2C(=O)OC)cc1. The van der Waals surface area contributed by atoms with Gasteiger partial charge in [0.15, 0.2) is 0 Å². The van der Waals surface area contributed by atoms with Gasteiger partial charge in [0.25, 0.3) is 11.6 Å². The smallest absolute Gasteiger partial charge is 0.341 e. The molecule has 1 aromatic heterocycles. The van der Waals surface area contributed by atoms with Crippen molar-refractivity contribution in [2.45, 2.75) is 20.3 Å². The van der Waals surface area contributed by atoms with Crippen LogP contribution in [-0.2, 0) is 11.2 Å². The van der Waals surface area contributed by atoms with E-state index >= 15 is 0 Å². The van der Waals surface area contributed by atoms with Gasteiger partial charge in [-0.05, 0) is 30.5 Å². The number of nitrogens with zero attached hydrogens (tertiary/aromatic N) is 1. The number of aryl methyl sites for hydroxylation is 2. The Morgan fingerprint density at radius 1 is 1.17 bits per heavy atom. The van der Waals surface area contributed by atoms with E-state index in [0.717, 1.165) is 12.0 Å². The van der Waals surface area contributed by atoms with Crippen molar-refractivity contribution in [2.24, 2.45) is 0 Å². The fourth-order valence-electron chi connectivity index (χ4n) is 3.01. The summed E-state index contributed by atoms with van der Waals surface area (Å²) in [6.45, 7) is 3.66. The van der Waals surface area contributed by atoms with Gasteiger partial charge in [0.1, 0.15) is 10.6 Å². The number of amides is 1. The van der Waals surface area contributed by atoms with Crippen LogP contribution in [0, 0.1) is 17.0 Å². The maximum Gasteiger partial charge on any atom is 0.341 e.